The smallest absolute Gasteiger partial charge is 0.145 e. The molecule has 1 aromatic carbocycles. The molecule has 0 aliphatic rings. The highest BCUT2D eigenvalue weighted by atomic mass is 16.5. The molecular weight excluding hydrogens is 244 g/mol. The molecule has 19 heavy (non-hydrogen) atoms. The van der Waals surface area contributed by atoms with E-state index in [2.05, 4.69) is 10.3 Å². The quantitative estimate of drug-likeness (QED) is 0.714. The number of rotatable bonds is 6. The molecule has 1 unspecified atom stereocenters. The summed E-state index contributed by atoms with van der Waals surface area (Å²) < 4.78 is 5.29. The minimum absolute atomic E-state index is 0.244. The van der Waals surface area contributed by atoms with Gasteiger partial charge in [-0.05, 0) is 12.1 Å². The number of nitrogens with zero attached hydrogens (tertiary/aromatic N) is 1. The van der Waals surface area contributed by atoms with Crippen LogP contribution < -0.4 is 10.1 Å². The SMILES string of the molecule is COc1cccc2ccc(CNCC(O)CO)nc12. The van der Waals surface area contributed by atoms with Gasteiger partial charge in [0.25, 0.3) is 0 Å². The average Bonchev–Trinajstić information content (AvgIpc) is 2.46. The Bertz CT molecular complexity index is 545. The molecule has 5 nitrogen and oxygen atoms in total. The normalized spacial score (nSPS) is 12.6. The first-order chi connectivity index (χ1) is 9.24. The van der Waals surface area contributed by atoms with E-state index in [1.807, 2.05) is 30.3 Å². The second-order valence-corrected chi connectivity index (χ2v) is 4.30. The Balaban J connectivity index is 2.12. The molecule has 0 radical (unpaired) electrons. The molecule has 0 saturated heterocycles. The minimum Gasteiger partial charge on any atom is -0.494 e. The molecule has 0 amide bonds. The highest BCUT2D eigenvalue weighted by Gasteiger charge is 2.05. The Morgan fingerprint density at radius 2 is 2.16 bits per heavy atom. The van der Waals surface area contributed by atoms with Crippen molar-refractivity contribution in [2.45, 2.75) is 12.6 Å². The van der Waals surface area contributed by atoms with Crippen LogP contribution in [0, 0.1) is 0 Å². The number of hydrogen-bond acceptors (Lipinski definition) is 5. The van der Waals surface area contributed by atoms with Crippen LogP contribution >= 0.6 is 0 Å². The van der Waals surface area contributed by atoms with E-state index in [0.29, 0.717) is 13.1 Å². The van der Waals surface area contributed by atoms with Gasteiger partial charge in [0.05, 0.1) is 25.5 Å². The van der Waals surface area contributed by atoms with Gasteiger partial charge in [0.1, 0.15) is 11.3 Å². The lowest BCUT2D eigenvalue weighted by Gasteiger charge is -2.10. The van der Waals surface area contributed by atoms with Crippen molar-refractivity contribution in [3.8, 4) is 5.75 Å². The van der Waals surface area contributed by atoms with Gasteiger partial charge in [-0.25, -0.2) is 4.98 Å². The Hall–Kier alpha value is -1.69. The largest absolute Gasteiger partial charge is 0.494 e. The maximum absolute atomic E-state index is 9.24. The number of benzene rings is 1. The highest BCUT2D eigenvalue weighted by Crippen LogP contribution is 2.23. The van der Waals surface area contributed by atoms with Crippen LogP contribution in [0.1, 0.15) is 5.69 Å². The first kappa shape index (κ1) is 13.7. The highest BCUT2D eigenvalue weighted by molar-refractivity contribution is 5.84. The molecule has 0 fully saturated rings. The molecule has 2 rings (SSSR count). The Labute approximate surface area is 111 Å². The molecule has 0 spiro atoms. The van der Waals surface area contributed by atoms with Crippen LogP contribution in [-0.4, -0.2) is 41.6 Å². The summed E-state index contributed by atoms with van der Waals surface area (Å²) in [6, 6.07) is 9.71. The number of aliphatic hydroxyl groups is 2. The monoisotopic (exact) mass is 262 g/mol. The topological polar surface area (TPSA) is 74.6 Å². The molecule has 3 N–H and O–H groups in total. The molecule has 1 atom stereocenters. The summed E-state index contributed by atoms with van der Waals surface area (Å²) in [4.78, 5) is 4.54. The van der Waals surface area contributed by atoms with Crippen molar-refractivity contribution in [1.82, 2.24) is 10.3 Å². The van der Waals surface area contributed by atoms with Crippen molar-refractivity contribution in [1.29, 1.82) is 0 Å². The lowest BCUT2D eigenvalue weighted by atomic mass is 10.2. The van der Waals surface area contributed by atoms with Crippen LogP contribution in [0.4, 0.5) is 0 Å². The first-order valence-corrected chi connectivity index (χ1v) is 6.17. The van der Waals surface area contributed by atoms with Crippen LogP contribution in [0.15, 0.2) is 30.3 Å². The summed E-state index contributed by atoms with van der Waals surface area (Å²) in [5, 5.41) is 22.0. The first-order valence-electron chi connectivity index (χ1n) is 6.17. The molecule has 5 heteroatoms. The van der Waals surface area contributed by atoms with Crippen LogP contribution in [-0.2, 0) is 6.54 Å². The molecule has 0 bridgehead atoms. The van der Waals surface area contributed by atoms with Crippen molar-refractivity contribution in [2.75, 3.05) is 20.3 Å². The van der Waals surface area contributed by atoms with Gasteiger partial charge < -0.3 is 20.3 Å². The molecule has 1 aromatic heterocycles. The number of pyridine rings is 1. The van der Waals surface area contributed by atoms with E-state index < -0.39 is 6.10 Å². The predicted molar refractivity (Wildman–Crippen MR) is 73.1 cm³/mol. The second-order valence-electron chi connectivity index (χ2n) is 4.30. The average molecular weight is 262 g/mol. The Kier molecular flexibility index (Phi) is 4.68. The van der Waals surface area contributed by atoms with Crippen molar-refractivity contribution in [3.63, 3.8) is 0 Å². The van der Waals surface area contributed by atoms with Crippen LogP contribution in [0.5, 0.6) is 5.75 Å². The van der Waals surface area contributed by atoms with Gasteiger partial charge in [0.2, 0.25) is 0 Å². The summed E-state index contributed by atoms with van der Waals surface area (Å²) in [6.07, 6.45) is -0.741. The second kappa shape index (κ2) is 6.47. The predicted octanol–water partition coefficient (Wildman–Crippen LogP) is 0.686. The fourth-order valence-electron chi connectivity index (χ4n) is 1.85. The number of aliphatic hydroxyl groups excluding tert-OH is 2. The third kappa shape index (κ3) is 3.41. The number of ether oxygens (including phenoxy) is 1. The molecule has 2 aromatic rings. The zero-order valence-electron chi connectivity index (χ0n) is 10.8. The van der Waals surface area contributed by atoms with E-state index in [1.165, 1.54) is 0 Å². The van der Waals surface area contributed by atoms with Gasteiger partial charge in [-0.1, -0.05) is 18.2 Å². The molecule has 0 aliphatic carbocycles. The maximum Gasteiger partial charge on any atom is 0.145 e. The van der Waals surface area contributed by atoms with Crippen LogP contribution in [0.25, 0.3) is 10.9 Å². The van der Waals surface area contributed by atoms with Gasteiger partial charge in [-0.3, -0.25) is 0 Å². The fraction of sp³-hybridized carbons (Fsp3) is 0.357. The summed E-state index contributed by atoms with van der Waals surface area (Å²) in [6.45, 7) is 0.624. The fourth-order valence-corrected chi connectivity index (χ4v) is 1.85. The summed E-state index contributed by atoms with van der Waals surface area (Å²) in [7, 11) is 1.62. The van der Waals surface area contributed by atoms with Crippen molar-refractivity contribution >= 4 is 10.9 Å². The lowest BCUT2D eigenvalue weighted by Crippen LogP contribution is -2.29. The zero-order valence-corrected chi connectivity index (χ0v) is 10.8. The van der Waals surface area contributed by atoms with Crippen molar-refractivity contribution in [2.24, 2.45) is 0 Å². The standard InChI is InChI=1S/C14H18N2O3/c1-19-13-4-2-3-10-5-6-11(16-14(10)13)7-15-8-12(18)9-17/h2-6,12,15,17-18H,7-9H2,1H3. The van der Waals surface area contributed by atoms with E-state index in [0.717, 1.165) is 22.3 Å². The number of methoxy groups -OCH3 is 1. The molecule has 102 valence electrons. The summed E-state index contributed by atoms with van der Waals surface area (Å²) in [5.41, 5.74) is 1.69. The van der Waals surface area contributed by atoms with Crippen molar-refractivity contribution < 1.29 is 14.9 Å². The number of aromatic nitrogens is 1. The zero-order chi connectivity index (χ0) is 13.7. The van der Waals surface area contributed by atoms with Gasteiger partial charge in [-0.2, -0.15) is 0 Å². The molecule has 0 aliphatic heterocycles. The maximum atomic E-state index is 9.24. The third-order valence-electron chi connectivity index (χ3n) is 2.86. The Morgan fingerprint density at radius 1 is 1.32 bits per heavy atom. The van der Waals surface area contributed by atoms with Gasteiger partial charge in [0, 0.05) is 18.5 Å². The molecule has 1 heterocycles. The van der Waals surface area contributed by atoms with E-state index in [9.17, 15) is 5.11 Å². The number of nitrogens with one attached hydrogen (secondary N) is 1. The number of hydrogen-bond donors (Lipinski definition) is 3. The molecular formula is C14H18N2O3. The summed E-state index contributed by atoms with van der Waals surface area (Å²) >= 11 is 0. The van der Waals surface area contributed by atoms with Gasteiger partial charge in [-0.15, -0.1) is 0 Å². The van der Waals surface area contributed by atoms with E-state index in [1.54, 1.807) is 7.11 Å². The van der Waals surface area contributed by atoms with E-state index >= 15 is 0 Å². The lowest BCUT2D eigenvalue weighted by molar-refractivity contribution is 0.0941. The number of para-hydroxylation sites is 1. The minimum atomic E-state index is -0.741. The Morgan fingerprint density at radius 3 is 2.89 bits per heavy atom. The third-order valence-corrected chi connectivity index (χ3v) is 2.86. The van der Waals surface area contributed by atoms with Gasteiger partial charge >= 0.3 is 0 Å². The number of fused-ring (bicyclic) bond motifs is 1. The van der Waals surface area contributed by atoms with Crippen molar-refractivity contribution in [3.05, 3.63) is 36.0 Å². The molecule has 0 saturated carbocycles. The summed E-state index contributed by atoms with van der Waals surface area (Å²) in [5.74, 6) is 0.745. The van der Waals surface area contributed by atoms with E-state index in [4.69, 9.17) is 9.84 Å². The van der Waals surface area contributed by atoms with Gasteiger partial charge in [0.15, 0.2) is 0 Å². The van der Waals surface area contributed by atoms with Crippen LogP contribution in [0.2, 0.25) is 0 Å². The van der Waals surface area contributed by atoms with Crippen LogP contribution in [0.3, 0.4) is 0 Å². The van der Waals surface area contributed by atoms with E-state index in [-0.39, 0.29) is 6.61 Å².